The van der Waals surface area contributed by atoms with Gasteiger partial charge in [0.15, 0.2) is 0 Å². The normalized spacial score (nSPS) is 8.90. The molecule has 0 aliphatic heterocycles. The van der Waals surface area contributed by atoms with E-state index in [1.807, 2.05) is 0 Å². The van der Waals surface area contributed by atoms with Crippen molar-refractivity contribution in [3.05, 3.63) is 31.3 Å². The van der Waals surface area contributed by atoms with Crippen molar-refractivity contribution in [1.82, 2.24) is 15.3 Å². The lowest BCUT2D eigenvalue weighted by atomic mass is 10.5. The first-order valence-electron chi connectivity index (χ1n) is 2.69. The molecule has 4 heteroatoms. The summed E-state index contributed by atoms with van der Waals surface area (Å²) in [6.45, 7) is 0. The molecular formula is C6H6N3O. The second-order valence-electron chi connectivity index (χ2n) is 1.58. The second kappa shape index (κ2) is 2.91. The first kappa shape index (κ1) is 6.67. The Bertz CT molecular complexity index is 222. The van der Waals surface area contributed by atoms with Crippen molar-refractivity contribution in [3.8, 4) is 0 Å². The summed E-state index contributed by atoms with van der Waals surface area (Å²) in [5, 5.41) is 2.17. The van der Waals surface area contributed by atoms with Gasteiger partial charge in [0.05, 0.1) is 0 Å². The summed E-state index contributed by atoms with van der Waals surface area (Å²) in [7, 11) is 3.18. The lowest BCUT2D eigenvalue weighted by Crippen LogP contribution is -2.18. The van der Waals surface area contributed by atoms with Gasteiger partial charge < -0.3 is 5.32 Å². The fraction of sp³-hybridized carbons (Fsp3) is 0. The zero-order chi connectivity index (χ0) is 7.40. The van der Waals surface area contributed by atoms with Crippen molar-refractivity contribution in [1.29, 1.82) is 0 Å². The molecule has 1 radical (unpaired) electrons. The highest BCUT2D eigenvalue weighted by atomic mass is 16.2. The van der Waals surface area contributed by atoms with E-state index in [9.17, 15) is 4.79 Å². The fourth-order valence-electron chi connectivity index (χ4n) is 0.495. The van der Waals surface area contributed by atoms with Gasteiger partial charge >= 0.3 is 0 Å². The van der Waals surface area contributed by atoms with E-state index in [-0.39, 0.29) is 11.7 Å². The Labute approximate surface area is 58.3 Å². The monoisotopic (exact) mass is 136 g/mol. The van der Waals surface area contributed by atoms with Crippen molar-refractivity contribution in [3.63, 3.8) is 0 Å². The van der Waals surface area contributed by atoms with E-state index in [1.165, 1.54) is 12.4 Å². The van der Waals surface area contributed by atoms with Gasteiger partial charge in [-0.05, 0) is 6.07 Å². The molecule has 1 rings (SSSR count). The molecule has 51 valence electrons. The second-order valence-corrected chi connectivity index (χ2v) is 1.58. The van der Waals surface area contributed by atoms with E-state index in [4.69, 9.17) is 0 Å². The van der Waals surface area contributed by atoms with Crippen LogP contribution in [-0.4, -0.2) is 15.9 Å². The van der Waals surface area contributed by atoms with Gasteiger partial charge in [-0.25, -0.2) is 9.97 Å². The van der Waals surface area contributed by atoms with Crippen LogP contribution in [0.25, 0.3) is 0 Å². The number of rotatable bonds is 1. The van der Waals surface area contributed by atoms with Crippen LogP contribution in [-0.2, 0) is 0 Å². The predicted octanol–water partition coefficient (Wildman–Crippen LogP) is -0.00201. The molecule has 1 heterocycles. The van der Waals surface area contributed by atoms with Crippen molar-refractivity contribution in [2.45, 2.75) is 0 Å². The Morgan fingerprint density at radius 3 is 2.60 bits per heavy atom. The largest absolute Gasteiger partial charge is 0.348 e. The third-order valence-corrected chi connectivity index (χ3v) is 0.929. The van der Waals surface area contributed by atoms with E-state index in [2.05, 4.69) is 22.3 Å². The van der Waals surface area contributed by atoms with E-state index in [1.54, 1.807) is 6.07 Å². The van der Waals surface area contributed by atoms with Crippen LogP contribution in [0.5, 0.6) is 0 Å². The molecule has 1 N–H and O–H groups in total. The number of hydrogen-bond acceptors (Lipinski definition) is 3. The Morgan fingerprint density at radius 1 is 1.50 bits per heavy atom. The van der Waals surface area contributed by atoms with Gasteiger partial charge in [-0.1, -0.05) is 0 Å². The number of amides is 1. The number of nitrogens with one attached hydrogen (secondary N) is 1. The molecule has 1 amide bonds. The number of nitrogens with zero attached hydrogens (tertiary/aromatic N) is 2. The van der Waals surface area contributed by atoms with Crippen LogP contribution in [0.2, 0.25) is 0 Å². The van der Waals surface area contributed by atoms with E-state index < -0.39 is 0 Å². The summed E-state index contributed by atoms with van der Waals surface area (Å²) in [5.74, 6) is -0.238. The summed E-state index contributed by atoms with van der Waals surface area (Å²) in [5.41, 5.74) is 0. The molecule has 0 aromatic carbocycles. The standard InChI is InChI=1S/C6H6N3O/c1-7-6(10)5-8-3-2-4-9-5/h2-4H,1H2,(H,7,10). The lowest BCUT2D eigenvalue weighted by molar-refractivity contribution is 0.0958. The van der Waals surface area contributed by atoms with Gasteiger partial charge in [-0.2, -0.15) is 0 Å². The molecule has 1 aromatic heterocycles. The minimum atomic E-state index is -0.374. The number of carbonyl (C=O) groups excluding carboxylic acids is 1. The van der Waals surface area contributed by atoms with Gasteiger partial charge in [0.1, 0.15) is 0 Å². The first-order chi connectivity index (χ1) is 4.84. The maximum Gasteiger partial charge on any atom is 0.289 e. The summed E-state index contributed by atoms with van der Waals surface area (Å²) in [4.78, 5) is 18.1. The van der Waals surface area contributed by atoms with Gasteiger partial charge in [0.25, 0.3) is 5.91 Å². The van der Waals surface area contributed by atoms with Gasteiger partial charge in [-0.15, -0.1) is 0 Å². The van der Waals surface area contributed by atoms with Gasteiger partial charge in [0, 0.05) is 19.4 Å². The smallest absolute Gasteiger partial charge is 0.289 e. The fourth-order valence-corrected chi connectivity index (χ4v) is 0.495. The minimum Gasteiger partial charge on any atom is -0.348 e. The van der Waals surface area contributed by atoms with Crippen molar-refractivity contribution >= 4 is 5.91 Å². The molecule has 0 atom stereocenters. The quantitative estimate of drug-likeness (QED) is 0.591. The molecule has 1 aromatic rings. The lowest BCUT2D eigenvalue weighted by Gasteiger charge is -1.93. The van der Waals surface area contributed by atoms with Gasteiger partial charge in [0.2, 0.25) is 5.82 Å². The van der Waals surface area contributed by atoms with Crippen molar-refractivity contribution in [2.24, 2.45) is 0 Å². The molecule has 0 saturated carbocycles. The maximum absolute atomic E-state index is 10.7. The van der Waals surface area contributed by atoms with Gasteiger partial charge in [-0.3, -0.25) is 4.79 Å². The molecule has 0 spiro atoms. The third kappa shape index (κ3) is 1.28. The Kier molecular flexibility index (Phi) is 1.94. The minimum absolute atomic E-state index is 0.137. The Morgan fingerprint density at radius 2 is 2.10 bits per heavy atom. The molecule has 0 bridgehead atoms. The zero-order valence-corrected chi connectivity index (χ0v) is 5.24. The maximum atomic E-state index is 10.7. The highest BCUT2D eigenvalue weighted by Crippen LogP contribution is 1.84. The summed E-state index contributed by atoms with van der Waals surface area (Å²) in [6.07, 6.45) is 3.00. The van der Waals surface area contributed by atoms with Crippen LogP contribution in [0, 0.1) is 7.05 Å². The van der Waals surface area contributed by atoms with Crippen LogP contribution in [0.15, 0.2) is 18.5 Å². The summed E-state index contributed by atoms with van der Waals surface area (Å²) in [6, 6.07) is 1.64. The van der Waals surface area contributed by atoms with E-state index >= 15 is 0 Å². The van der Waals surface area contributed by atoms with E-state index in [0.29, 0.717) is 0 Å². The number of carbonyl (C=O) groups is 1. The summed E-state index contributed by atoms with van der Waals surface area (Å²) < 4.78 is 0. The molecule has 0 unspecified atom stereocenters. The molecule has 4 nitrogen and oxygen atoms in total. The molecular weight excluding hydrogens is 130 g/mol. The highest BCUT2D eigenvalue weighted by Gasteiger charge is 2.02. The molecule has 0 saturated heterocycles. The number of hydrogen-bond donors (Lipinski definition) is 1. The van der Waals surface area contributed by atoms with Crippen LogP contribution in [0.3, 0.4) is 0 Å². The molecule has 0 aliphatic carbocycles. The SMILES string of the molecule is [CH2]NC(=O)c1ncccn1. The zero-order valence-electron chi connectivity index (χ0n) is 5.24. The van der Waals surface area contributed by atoms with E-state index in [0.717, 1.165) is 0 Å². The predicted molar refractivity (Wildman–Crippen MR) is 34.9 cm³/mol. The third-order valence-electron chi connectivity index (χ3n) is 0.929. The molecule has 10 heavy (non-hydrogen) atoms. The highest BCUT2D eigenvalue weighted by molar-refractivity contribution is 5.90. The molecule has 0 fully saturated rings. The average Bonchev–Trinajstić information content (AvgIpc) is 2.05. The Balaban J connectivity index is 2.85. The van der Waals surface area contributed by atoms with Crippen LogP contribution < -0.4 is 5.32 Å². The van der Waals surface area contributed by atoms with Crippen LogP contribution in [0.1, 0.15) is 10.6 Å². The number of aromatic nitrogens is 2. The average molecular weight is 136 g/mol. The van der Waals surface area contributed by atoms with Crippen LogP contribution in [0.4, 0.5) is 0 Å². The van der Waals surface area contributed by atoms with Crippen molar-refractivity contribution < 1.29 is 4.79 Å². The summed E-state index contributed by atoms with van der Waals surface area (Å²) >= 11 is 0. The van der Waals surface area contributed by atoms with Crippen LogP contribution >= 0.6 is 0 Å². The Hall–Kier alpha value is -1.45. The first-order valence-corrected chi connectivity index (χ1v) is 2.69. The molecule has 0 aliphatic rings. The topological polar surface area (TPSA) is 54.9 Å². The van der Waals surface area contributed by atoms with Crippen molar-refractivity contribution in [2.75, 3.05) is 0 Å².